The zero-order chi connectivity index (χ0) is 13.8. The molecule has 0 aromatic heterocycles. The second kappa shape index (κ2) is 5.44. The number of ketones is 1. The van der Waals surface area contributed by atoms with Crippen LogP contribution in [0.15, 0.2) is 42.5 Å². The van der Waals surface area contributed by atoms with Crippen LogP contribution in [-0.4, -0.2) is 22.6 Å². The van der Waals surface area contributed by atoms with Gasteiger partial charge in [-0.2, -0.15) is 0 Å². The summed E-state index contributed by atoms with van der Waals surface area (Å²) in [6.45, 7) is 1.38. The van der Waals surface area contributed by atoms with Crippen molar-refractivity contribution < 1.29 is 19.7 Å². The van der Waals surface area contributed by atoms with Gasteiger partial charge in [0.15, 0.2) is 6.61 Å². The van der Waals surface area contributed by atoms with Crippen molar-refractivity contribution in [3.63, 3.8) is 0 Å². The number of aromatic hydroxyl groups is 2. The van der Waals surface area contributed by atoms with Crippen molar-refractivity contribution in [2.24, 2.45) is 0 Å². The highest BCUT2D eigenvalue weighted by Crippen LogP contribution is 2.29. The molecule has 2 rings (SSSR count). The number of Topliss-reactive ketones (excluding diaryl/α,β-unsaturated/α-hetero) is 1. The number of benzene rings is 2. The van der Waals surface area contributed by atoms with E-state index < -0.39 is 0 Å². The molecule has 0 radical (unpaired) electrons. The topological polar surface area (TPSA) is 66.8 Å². The standard InChI is InChI=1S/C15H14O4/c1-10-13(16)8-7-12(15(10)18)14(17)9-19-11-5-3-2-4-6-11/h2-8,16,18H,9H2,1H3. The summed E-state index contributed by atoms with van der Waals surface area (Å²) in [5, 5.41) is 19.2. The third-order valence-electron chi connectivity index (χ3n) is 2.82. The molecule has 0 saturated carbocycles. The fourth-order valence-electron chi connectivity index (χ4n) is 1.66. The first kappa shape index (κ1) is 13.0. The molecule has 0 amide bonds. The van der Waals surface area contributed by atoms with Gasteiger partial charge < -0.3 is 14.9 Å². The highest BCUT2D eigenvalue weighted by atomic mass is 16.5. The van der Waals surface area contributed by atoms with E-state index >= 15 is 0 Å². The Balaban J connectivity index is 2.11. The summed E-state index contributed by atoms with van der Waals surface area (Å²) in [4.78, 5) is 11.9. The molecule has 0 heterocycles. The average molecular weight is 258 g/mol. The van der Waals surface area contributed by atoms with E-state index in [1.165, 1.54) is 12.1 Å². The number of hydrogen-bond donors (Lipinski definition) is 2. The highest BCUT2D eigenvalue weighted by Gasteiger charge is 2.15. The monoisotopic (exact) mass is 258 g/mol. The Kier molecular flexibility index (Phi) is 3.71. The van der Waals surface area contributed by atoms with E-state index in [1.807, 2.05) is 18.2 Å². The minimum absolute atomic E-state index is 0.0435. The van der Waals surface area contributed by atoms with Crippen molar-refractivity contribution in [1.82, 2.24) is 0 Å². The van der Waals surface area contributed by atoms with Crippen molar-refractivity contribution in [2.75, 3.05) is 6.61 Å². The molecule has 0 aliphatic rings. The van der Waals surface area contributed by atoms with Gasteiger partial charge in [-0.1, -0.05) is 18.2 Å². The molecular weight excluding hydrogens is 244 g/mol. The fourth-order valence-corrected chi connectivity index (χ4v) is 1.66. The van der Waals surface area contributed by atoms with Crippen LogP contribution in [0.4, 0.5) is 0 Å². The Bertz CT molecular complexity index is 591. The van der Waals surface area contributed by atoms with E-state index in [0.717, 1.165) is 0 Å². The highest BCUT2D eigenvalue weighted by molar-refractivity contribution is 6.00. The van der Waals surface area contributed by atoms with Gasteiger partial charge in [-0.25, -0.2) is 0 Å². The zero-order valence-electron chi connectivity index (χ0n) is 10.5. The maximum atomic E-state index is 11.9. The van der Waals surface area contributed by atoms with Gasteiger partial charge in [0, 0.05) is 5.56 Å². The molecular formula is C15H14O4. The van der Waals surface area contributed by atoms with Gasteiger partial charge in [-0.05, 0) is 31.2 Å². The van der Waals surface area contributed by atoms with Crippen LogP contribution in [0, 0.1) is 6.92 Å². The van der Waals surface area contributed by atoms with E-state index in [4.69, 9.17) is 4.74 Å². The van der Waals surface area contributed by atoms with Crippen molar-refractivity contribution in [2.45, 2.75) is 6.92 Å². The smallest absolute Gasteiger partial charge is 0.203 e. The Morgan fingerprint density at radius 2 is 1.79 bits per heavy atom. The molecule has 0 unspecified atom stereocenters. The fraction of sp³-hybridized carbons (Fsp3) is 0.133. The molecule has 2 aromatic carbocycles. The van der Waals surface area contributed by atoms with E-state index in [2.05, 4.69) is 0 Å². The SMILES string of the molecule is Cc1c(O)ccc(C(=O)COc2ccccc2)c1O. The minimum Gasteiger partial charge on any atom is -0.508 e. The van der Waals surface area contributed by atoms with Crippen LogP contribution in [0.25, 0.3) is 0 Å². The van der Waals surface area contributed by atoms with E-state index in [9.17, 15) is 15.0 Å². The van der Waals surface area contributed by atoms with Gasteiger partial charge >= 0.3 is 0 Å². The number of hydrogen-bond acceptors (Lipinski definition) is 4. The largest absolute Gasteiger partial charge is 0.508 e. The van der Waals surface area contributed by atoms with Crippen LogP contribution >= 0.6 is 0 Å². The van der Waals surface area contributed by atoms with Crippen LogP contribution in [-0.2, 0) is 0 Å². The molecule has 4 nitrogen and oxygen atoms in total. The summed E-state index contributed by atoms with van der Waals surface area (Å²) < 4.78 is 5.32. The molecule has 4 heteroatoms. The second-order valence-electron chi connectivity index (χ2n) is 4.13. The van der Waals surface area contributed by atoms with Crippen molar-refractivity contribution in [3.8, 4) is 17.2 Å². The quantitative estimate of drug-likeness (QED) is 0.827. The predicted molar refractivity (Wildman–Crippen MR) is 70.8 cm³/mol. The Morgan fingerprint density at radius 3 is 2.47 bits per heavy atom. The summed E-state index contributed by atoms with van der Waals surface area (Å²) in [5.74, 6) is -0.00465. The lowest BCUT2D eigenvalue weighted by atomic mass is 10.1. The molecule has 0 bridgehead atoms. The lowest BCUT2D eigenvalue weighted by Gasteiger charge is -2.09. The van der Waals surface area contributed by atoms with Gasteiger partial charge in [0.2, 0.25) is 5.78 Å². The summed E-state index contributed by atoms with van der Waals surface area (Å²) >= 11 is 0. The molecule has 0 aliphatic heterocycles. The molecule has 2 aromatic rings. The predicted octanol–water partition coefficient (Wildman–Crippen LogP) is 2.67. The molecule has 0 aliphatic carbocycles. The van der Waals surface area contributed by atoms with E-state index in [1.54, 1.807) is 19.1 Å². The first-order valence-corrected chi connectivity index (χ1v) is 5.82. The number of para-hydroxylation sites is 1. The minimum atomic E-state index is -0.343. The molecule has 0 spiro atoms. The third-order valence-corrected chi connectivity index (χ3v) is 2.82. The molecule has 98 valence electrons. The molecule has 19 heavy (non-hydrogen) atoms. The molecule has 2 N–H and O–H groups in total. The first-order chi connectivity index (χ1) is 9.09. The summed E-state index contributed by atoms with van der Waals surface area (Å²) in [6.07, 6.45) is 0. The third kappa shape index (κ3) is 2.85. The molecule has 0 saturated heterocycles. The summed E-state index contributed by atoms with van der Waals surface area (Å²) in [7, 11) is 0. The second-order valence-corrected chi connectivity index (χ2v) is 4.13. The van der Waals surface area contributed by atoms with E-state index in [0.29, 0.717) is 5.75 Å². The van der Waals surface area contributed by atoms with Gasteiger partial charge in [0.1, 0.15) is 17.2 Å². The number of carbonyl (C=O) groups excluding carboxylic acids is 1. The number of phenols is 2. The van der Waals surface area contributed by atoms with Crippen LogP contribution in [0.1, 0.15) is 15.9 Å². The summed E-state index contributed by atoms with van der Waals surface area (Å²) in [5.41, 5.74) is 0.428. The molecule has 0 fully saturated rings. The van der Waals surface area contributed by atoms with Gasteiger partial charge in [-0.15, -0.1) is 0 Å². The van der Waals surface area contributed by atoms with Crippen LogP contribution in [0.5, 0.6) is 17.2 Å². The lowest BCUT2D eigenvalue weighted by molar-refractivity contribution is 0.0918. The Labute approximate surface area is 110 Å². The zero-order valence-corrected chi connectivity index (χ0v) is 10.5. The Morgan fingerprint density at radius 1 is 1.11 bits per heavy atom. The number of phenolic OH excluding ortho intramolecular Hbond substituents is 2. The van der Waals surface area contributed by atoms with Crippen LogP contribution in [0.3, 0.4) is 0 Å². The van der Waals surface area contributed by atoms with Crippen LogP contribution in [0.2, 0.25) is 0 Å². The average Bonchev–Trinajstić information content (AvgIpc) is 2.43. The number of carbonyl (C=O) groups is 1. The van der Waals surface area contributed by atoms with Crippen LogP contribution < -0.4 is 4.74 Å². The number of rotatable bonds is 4. The van der Waals surface area contributed by atoms with Gasteiger partial charge in [0.05, 0.1) is 5.56 Å². The van der Waals surface area contributed by atoms with Crippen molar-refractivity contribution >= 4 is 5.78 Å². The summed E-state index contributed by atoms with van der Waals surface area (Å²) in [6, 6.07) is 11.7. The number of ether oxygens (including phenoxy) is 1. The van der Waals surface area contributed by atoms with Crippen molar-refractivity contribution in [1.29, 1.82) is 0 Å². The maximum absolute atomic E-state index is 11.9. The normalized spacial score (nSPS) is 10.2. The first-order valence-electron chi connectivity index (χ1n) is 5.82. The van der Waals surface area contributed by atoms with Gasteiger partial charge in [-0.3, -0.25) is 4.79 Å². The van der Waals surface area contributed by atoms with Gasteiger partial charge in [0.25, 0.3) is 0 Å². The lowest BCUT2D eigenvalue weighted by Crippen LogP contribution is -2.12. The maximum Gasteiger partial charge on any atom is 0.203 e. The van der Waals surface area contributed by atoms with Crippen molar-refractivity contribution in [3.05, 3.63) is 53.6 Å². The molecule has 0 atom stereocenters. The van der Waals surface area contributed by atoms with E-state index in [-0.39, 0.29) is 35.0 Å². The Hall–Kier alpha value is -2.49.